The zero-order valence-corrected chi connectivity index (χ0v) is 16.4. The van der Waals surface area contributed by atoms with Crippen molar-refractivity contribution in [1.29, 1.82) is 0 Å². The van der Waals surface area contributed by atoms with E-state index in [2.05, 4.69) is 4.74 Å². The van der Waals surface area contributed by atoms with Crippen LogP contribution in [0.15, 0.2) is 28.7 Å². The molecule has 6 nitrogen and oxygen atoms in total. The summed E-state index contributed by atoms with van der Waals surface area (Å²) in [5, 5.41) is 0. The van der Waals surface area contributed by atoms with E-state index in [9.17, 15) is 14.4 Å². The Morgan fingerprint density at radius 3 is 2.37 bits per heavy atom. The van der Waals surface area contributed by atoms with Crippen LogP contribution in [0.4, 0.5) is 0 Å². The number of nitrogens with zero attached hydrogens (tertiary/aromatic N) is 1. The highest BCUT2D eigenvalue weighted by atomic mass is 16.5. The molecule has 1 aromatic carbocycles. The average molecular weight is 371 g/mol. The van der Waals surface area contributed by atoms with Crippen LogP contribution in [0.1, 0.15) is 56.2 Å². The van der Waals surface area contributed by atoms with Crippen molar-refractivity contribution in [2.24, 2.45) is 0 Å². The molecule has 0 aliphatic rings. The van der Waals surface area contributed by atoms with E-state index in [1.807, 2.05) is 26.0 Å². The van der Waals surface area contributed by atoms with Crippen LogP contribution in [0.2, 0.25) is 0 Å². The Bertz CT molecular complexity index is 865. The maximum Gasteiger partial charge on any atom is 0.341 e. The zero-order valence-electron chi connectivity index (χ0n) is 16.4. The number of ether oxygens (including phenoxy) is 1. The number of rotatable bonds is 7. The zero-order chi connectivity index (χ0) is 20.1. The van der Waals surface area contributed by atoms with Crippen LogP contribution in [0.25, 0.3) is 0 Å². The van der Waals surface area contributed by atoms with Crippen LogP contribution in [0.3, 0.4) is 0 Å². The number of amides is 1. The monoisotopic (exact) mass is 371 g/mol. The second-order valence-electron chi connectivity index (χ2n) is 6.65. The minimum Gasteiger partial charge on any atom is -0.465 e. The second kappa shape index (κ2) is 8.66. The lowest BCUT2D eigenvalue weighted by Crippen LogP contribution is -2.26. The molecule has 2 aromatic rings. The molecule has 0 spiro atoms. The molecule has 1 aromatic heterocycles. The Morgan fingerprint density at radius 1 is 1.04 bits per heavy atom. The van der Waals surface area contributed by atoms with Crippen molar-refractivity contribution < 1.29 is 23.5 Å². The molecule has 0 fully saturated rings. The molecule has 0 saturated heterocycles. The topological polar surface area (TPSA) is 76.8 Å². The van der Waals surface area contributed by atoms with Gasteiger partial charge in [0.05, 0.1) is 13.7 Å². The number of carbonyl (C=O) groups is 3. The van der Waals surface area contributed by atoms with Gasteiger partial charge in [-0.1, -0.05) is 12.1 Å². The summed E-state index contributed by atoms with van der Waals surface area (Å²) in [6.07, 6.45) is 0.266. The van der Waals surface area contributed by atoms with E-state index >= 15 is 0 Å². The van der Waals surface area contributed by atoms with E-state index in [0.717, 1.165) is 11.1 Å². The summed E-state index contributed by atoms with van der Waals surface area (Å²) in [5.41, 5.74) is 3.15. The van der Waals surface area contributed by atoms with Gasteiger partial charge >= 0.3 is 5.97 Å². The van der Waals surface area contributed by atoms with Crippen LogP contribution in [-0.4, -0.2) is 36.7 Å². The highest BCUT2D eigenvalue weighted by Gasteiger charge is 2.18. The Morgan fingerprint density at radius 2 is 1.74 bits per heavy atom. The van der Waals surface area contributed by atoms with Crippen molar-refractivity contribution in [3.05, 3.63) is 58.0 Å². The van der Waals surface area contributed by atoms with Gasteiger partial charge < -0.3 is 14.1 Å². The lowest BCUT2D eigenvalue weighted by atomic mass is 10.0. The fraction of sp³-hybridized carbons (Fsp3) is 0.381. The summed E-state index contributed by atoms with van der Waals surface area (Å²) in [7, 11) is 2.94. The van der Waals surface area contributed by atoms with Gasteiger partial charge in [-0.3, -0.25) is 9.59 Å². The molecule has 0 radical (unpaired) electrons. The molecular weight excluding hydrogens is 346 g/mol. The lowest BCUT2D eigenvalue weighted by Gasteiger charge is -2.15. The van der Waals surface area contributed by atoms with Gasteiger partial charge in [-0.25, -0.2) is 4.79 Å². The maximum absolute atomic E-state index is 12.3. The predicted octanol–water partition coefficient (Wildman–Crippen LogP) is 3.61. The molecule has 0 unspecified atom stereocenters. The third kappa shape index (κ3) is 5.06. The Balaban J connectivity index is 1.93. The molecule has 27 heavy (non-hydrogen) atoms. The minimum atomic E-state index is -0.476. The number of ketones is 1. The van der Waals surface area contributed by atoms with E-state index in [-0.39, 0.29) is 31.1 Å². The SMILES string of the molecule is COC(=O)c1cc(CN(C)C(=O)CCC(=O)c2ccc(C)c(C)c2)oc1C. The third-order valence-corrected chi connectivity index (χ3v) is 4.59. The van der Waals surface area contributed by atoms with Crippen molar-refractivity contribution in [2.75, 3.05) is 14.2 Å². The number of hydrogen-bond donors (Lipinski definition) is 0. The van der Waals surface area contributed by atoms with Gasteiger partial charge in [-0.05, 0) is 44.0 Å². The molecule has 0 bridgehead atoms. The van der Waals surface area contributed by atoms with Crippen LogP contribution in [0.5, 0.6) is 0 Å². The summed E-state index contributed by atoms with van der Waals surface area (Å²) in [6.45, 7) is 5.83. The summed E-state index contributed by atoms with van der Waals surface area (Å²) in [6, 6.07) is 7.13. The van der Waals surface area contributed by atoms with Crippen LogP contribution < -0.4 is 0 Å². The molecule has 0 aliphatic heterocycles. The molecule has 2 rings (SSSR count). The van der Waals surface area contributed by atoms with Crippen molar-refractivity contribution in [3.8, 4) is 0 Å². The quantitative estimate of drug-likeness (QED) is 0.549. The Kier molecular flexibility index (Phi) is 6.55. The average Bonchev–Trinajstić information content (AvgIpc) is 3.00. The number of esters is 1. The van der Waals surface area contributed by atoms with Crippen LogP contribution in [0, 0.1) is 20.8 Å². The maximum atomic E-state index is 12.3. The Hall–Kier alpha value is -2.89. The summed E-state index contributed by atoms with van der Waals surface area (Å²) >= 11 is 0. The Labute approximate surface area is 159 Å². The molecule has 0 saturated carbocycles. The third-order valence-electron chi connectivity index (χ3n) is 4.59. The standard InChI is InChI=1S/C21H25NO5/c1-13-6-7-16(10-14(13)2)19(23)8-9-20(24)22(4)12-17-11-18(15(3)27-17)21(25)26-5/h6-7,10-11H,8-9,12H2,1-5H3. The minimum absolute atomic E-state index is 0.0540. The summed E-state index contributed by atoms with van der Waals surface area (Å²) in [5.74, 6) is 0.241. The van der Waals surface area contributed by atoms with Gasteiger partial charge in [-0.2, -0.15) is 0 Å². The largest absolute Gasteiger partial charge is 0.465 e. The first-order valence-electron chi connectivity index (χ1n) is 8.75. The highest BCUT2D eigenvalue weighted by Crippen LogP contribution is 2.18. The number of methoxy groups -OCH3 is 1. The molecule has 144 valence electrons. The summed E-state index contributed by atoms with van der Waals surface area (Å²) < 4.78 is 10.2. The van der Waals surface area contributed by atoms with Crippen LogP contribution in [-0.2, 0) is 16.1 Å². The molecule has 0 aliphatic carbocycles. The van der Waals surface area contributed by atoms with Crippen molar-refractivity contribution in [3.63, 3.8) is 0 Å². The normalized spacial score (nSPS) is 10.6. The predicted molar refractivity (Wildman–Crippen MR) is 101 cm³/mol. The highest BCUT2D eigenvalue weighted by molar-refractivity contribution is 5.98. The van der Waals surface area contributed by atoms with Crippen molar-refractivity contribution in [2.45, 2.75) is 40.2 Å². The number of carbonyl (C=O) groups excluding carboxylic acids is 3. The smallest absolute Gasteiger partial charge is 0.341 e. The lowest BCUT2D eigenvalue weighted by molar-refractivity contribution is -0.130. The first kappa shape index (κ1) is 20.4. The molecule has 6 heteroatoms. The number of Topliss-reactive ketones (excluding diaryl/α,β-unsaturated/α-hetero) is 1. The van der Waals surface area contributed by atoms with E-state index in [1.54, 1.807) is 26.1 Å². The van der Waals surface area contributed by atoms with Gasteiger partial charge in [0, 0.05) is 25.5 Å². The fourth-order valence-corrected chi connectivity index (χ4v) is 2.73. The second-order valence-corrected chi connectivity index (χ2v) is 6.65. The molecule has 0 N–H and O–H groups in total. The number of hydrogen-bond acceptors (Lipinski definition) is 5. The van der Waals surface area contributed by atoms with E-state index < -0.39 is 5.97 Å². The van der Waals surface area contributed by atoms with Crippen molar-refractivity contribution >= 4 is 17.7 Å². The first-order chi connectivity index (χ1) is 12.7. The van der Waals surface area contributed by atoms with E-state index in [1.165, 1.54) is 12.0 Å². The molecule has 1 heterocycles. The molecular formula is C21H25NO5. The molecule has 0 atom stereocenters. The van der Waals surface area contributed by atoms with Gasteiger partial charge in [0.1, 0.15) is 17.1 Å². The van der Waals surface area contributed by atoms with Gasteiger partial charge in [-0.15, -0.1) is 0 Å². The summed E-state index contributed by atoms with van der Waals surface area (Å²) in [4.78, 5) is 37.7. The van der Waals surface area contributed by atoms with Crippen molar-refractivity contribution in [1.82, 2.24) is 4.90 Å². The fourth-order valence-electron chi connectivity index (χ4n) is 2.73. The number of aryl methyl sites for hydroxylation is 3. The van der Waals surface area contributed by atoms with E-state index in [4.69, 9.17) is 4.42 Å². The van der Waals surface area contributed by atoms with Crippen LogP contribution >= 0.6 is 0 Å². The number of furan rings is 1. The van der Waals surface area contributed by atoms with Gasteiger partial charge in [0.2, 0.25) is 5.91 Å². The van der Waals surface area contributed by atoms with Gasteiger partial charge in [0.25, 0.3) is 0 Å². The first-order valence-corrected chi connectivity index (χ1v) is 8.75. The van der Waals surface area contributed by atoms with E-state index in [0.29, 0.717) is 22.6 Å². The number of benzene rings is 1. The molecule has 1 amide bonds. The van der Waals surface area contributed by atoms with Gasteiger partial charge in [0.15, 0.2) is 5.78 Å².